The molecule has 1 N–H and O–H groups in total. The number of nitrogens with one attached hydrogen (secondary N) is 1. The molecule has 1 saturated carbocycles. The lowest BCUT2D eigenvalue weighted by Crippen LogP contribution is -2.35. The molecule has 2 aromatic carbocycles. The number of benzene rings is 2. The van der Waals surface area contributed by atoms with Crippen molar-refractivity contribution in [3.63, 3.8) is 0 Å². The maximum absolute atomic E-state index is 12.7. The van der Waals surface area contributed by atoms with Gasteiger partial charge in [-0.1, -0.05) is 24.4 Å². The van der Waals surface area contributed by atoms with E-state index in [2.05, 4.69) is 5.32 Å². The second-order valence-electron chi connectivity index (χ2n) is 6.44. The average molecular weight is 393 g/mol. The molecule has 1 aliphatic carbocycles. The summed E-state index contributed by atoms with van der Waals surface area (Å²) in [5, 5.41) is 3.34. The molecule has 0 aromatic heterocycles. The summed E-state index contributed by atoms with van der Waals surface area (Å²) in [6.45, 7) is 0. The topological polar surface area (TPSA) is 66.5 Å². The lowest BCUT2D eigenvalue weighted by Gasteiger charge is -2.23. The number of nitrogens with zero attached hydrogens (tertiary/aromatic N) is 1. The molecule has 1 fully saturated rings. The van der Waals surface area contributed by atoms with Crippen molar-refractivity contribution in [2.24, 2.45) is 0 Å². The molecule has 0 unspecified atom stereocenters. The molecule has 0 atom stereocenters. The van der Waals surface area contributed by atoms with Gasteiger partial charge >= 0.3 is 0 Å². The fourth-order valence-corrected chi connectivity index (χ4v) is 4.69. The largest absolute Gasteiger partial charge is 0.322 e. The summed E-state index contributed by atoms with van der Waals surface area (Å²) in [4.78, 5) is 12.5. The Kier molecular flexibility index (Phi) is 5.65. The summed E-state index contributed by atoms with van der Waals surface area (Å²) in [7, 11) is -1.91. The van der Waals surface area contributed by atoms with Crippen LogP contribution < -0.4 is 5.32 Å². The minimum atomic E-state index is -3.54. The molecule has 7 heteroatoms. The first-order valence-electron chi connectivity index (χ1n) is 8.53. The number of hydrogen-bond acceptors (Lipinski definition) is 3. The number of carbonyl (C=O) groups excluding carboxylic acids is 1. The van der Waals surface area contributed by atoms with Crippen molar-refractivity contribution in [1.82, 2.24) is 4.31 Å². The summed E-state index contributed by atoms with van der Waals surface area (Å²) in [6, 6.07) is 12.9. The van der Waals surface area contributed by atoms with Crippen molar-refractivity contribution in [2.75, 3.05) is 12.4 Å². The van der Waals surface area contributed by atoms with Crippen LogP contribution in [0.5, 0.6) is 0 Å². The number of anilines is 1. The molecule has 2 aromatic rings. The lowest BCUT2D eigenvalue weighted by molar-refractivity contribution is 0.102. The van der Waals surface area contributed by atoms with E-state index in [4.69, 9.17) is 11.6 Å². The Hall–Kier alpha value is -1.89. The zero-order valence-electron chi connectivity index (χ0n) is 14.5. The zero-order chi connectivity index (χ0) is 18.7. The highest BCUT2D eigenvalue weighted by Crippen LogP contribution is 2.27. The Morgan fingerprint density at radius 1 is 1.04 bits per heavy atom. The first-order valence-corrected chi connectivity index (χ1v) is 10.3. The maximum Gasteiger partial charge on any atom is 0.255 e. The molecule has 0 radical (unpaired) electrons. The highest BCUT2D eigenvalue weighted by Gasteiger charge is 2.29. The van der Waals surface area contributed by atoms with Gasteiger partial charge in [-0.15, -0.1) is 0 Å². The van der Waals surface area contributed by atoms with E-state index >= 15 is 0 Å². The van der Waals surface area contributed by atoms with Gasteiger partial charge in [0.25, 0.3) is 5.91 Å². The van der Waals surface area contributed by atoms with E-state index in [1.807, 2.05) is 0 Å². The van der Waals surface area contributed by atoms with Gasteiger partial charge in [0.1, 0.15) is 0 Å². The van der Waals surface area contributed by atoms with Crippen LogP contribution in [0.3, 0.4) is 0 Å². The minimum absolute atomic E-state index is 0.0629. The summed E-state index contributed by atoms with van der Waals surface area (Å²) < 4.78 is 26.9. The van der Waals surface area contributed by atoms with Gasteiger partial charge in [0.2, 0.25) is 10.0 Å². The van der Waals surface area contributed by atoms with E-state index in [9.17, 15) is 13.2 Å². The summed E-state index contributed by atoms with van der Waals surface area (Å²) in [5.74, 6) is -0.305. The Morgan fingerprint density at radius 2 is 1.62 bits per heavy atom. The van der Waals surface area contributed by atoms with E-state index in [1.165, 1.54) is 28.6 Å². The van der Waals surface area contributed by atoms with Crippen LogP contribution in [0.2, 0.25) is 5.02 Å². The first kappa shape index (κ1) is 18.9. The Morgan fingerprint density at radius 3 is 2.19 bits per heavy atom. The summed E-state index contributed by atoms with van der Waals surface area (Å²) in [6.07, 6.45) is 3.93. The molecule has 0 bridgehead atoms. The van der Waals surface area contributed by atoms with Gasteiger partial charge in [0.15, 0.2) is 0 Å². The number of sulfonamides is 1. The van der Waals surface area contributed by atoms with Crippen molar-refractivity contribution in [3.05, 3.63) is 59.1 Å². The van der Waals surface area contributed by atoms with E-state index in [0.717, 1.165) is 25.7 Å². The fourth-order valence-electron chi connectivity index (χ4n) is 3.15. The molecule has 5 nitrogen and oxygen atoms in total. The third kappa shape index (κ3) is 4.09. The Bertz CT molecular complexity index is 874. The van der Waals surface area contributed by atoms with E-state index in [0.29, 0.717) is 16.3 Å². The molecule has 26 heavy (non-hydrogen) atoms. The lowest BCUT2D eigenvalue weighted by atomic mass is 10.2. The van der Waals surface area contributed by atoms with Crippen LogP contribution in [0.15, 0.2) is 53.4 Å². The van der Waals surface area contributed by atoms with Crippen molar-refractivity contribution in [2.45, 2.75) is 36.6 Å². The molecule has 0 aliphatic heterocycles. The molecule has 0 heterocycles. The SMILES string of the molecule is CN(C1CCCC1)S(=O)(=O)c1ccc(C(=O)Nc2ccc(Cl)cc2)cc1. The van der Waals surface area contributed by atoms with Crippen molar-refractivity contribution < 1.29 is 13.2 Å². The molecule has 1 amide bonds. The predicted molar refractivity (Wildman–Crippen MR) is 103 cm³/mol. The van der Waals surface area contributed by atoms with Gasteiger partial charge in [-0.3, -0.25) is 4.79 Å². The van der Waals surface area contributed by atoms with E-state index < -0.39 is 10.0 Å². The van der Waals surface area contributed by atoms with Crippen LogP contribution in [0.25, 0.3) is 0 Å². The normalized spacial score (nSPS) is 15.3. The molecular formula is C19H21ClN2O3S. The molecule has 1 aliphatic rings. The zero-order valence-corrected chi connectivity index (χ0v) is 16.1. The number of carbonyl (C=O) groups is 1. The smallest absolute Gasteiger partial charge is 0.255 e. The van der Waals surface area contributed by atoms with Crippen molar-refractivity contribution in [3.8, 4) is 0 Å². The summed E-state index contributed by atoms with van der Waals surface area (Å²) in [5.41, 5.74) is 1.01. The van der Waals surface area contributed by atoms with Crippen LogP contribution in [-0.2, 0) is 10.0 Å². The van der Waals surface area contributed by atoms with Gasteiger partial charge in [0, 0.05) is 29.4 Å². The number of halogens is 1. The van der Waals surface area contributed by atoms with Crippen LogP contribution in [0, 0.1) is 0 Å². The monoisotopic (exact) mass is 392 g/mol. The van der Waals surface area contributed by atoms with Gasteiger partial charge in [-0.2, -0.15) is 4.31 Å². The third-order valence-electron chi connectivity index (χ3n) is 4.73. The fraction of sp³-hybridized carbons (Fsp3) is 0.316. The minimum Gasteiger partial charge on any atom is -0.322 e. The number of rotatable bonds is 5. The molecule has 138 valence electrons. The third-order valence-corrected chi connectivity index (χ3v) is 6.91. The van der Waals surface area contributed by atoms with Gasteiger partial charge in [-0.05, 0) is 61.4 Å². The van der Waals surface area contributed by atoms with E-state index in [-0.39, 0.29) is 16.8 Å². The summed E-state index contributed by atoms with van der Waals surface area (Å²) >= 11 is 5.82. The highest BCUT2D eigenvalue weighted by molar-refractivity contribution is 7.89. The quantitative estimate of drug-likeness (QED) is 0.830. The van der Waals surface area contributed by atoms with Crippen LogP contribution in [0.1, 0.15) is 36.0 Å². The maximum atomic E-state index is 12.7. The Balaban J connectivity index is 1.73. The highest BCUT2D eigenvalue weighted by atomic mass is 35.5. The van der Waals surface area contributed by atoms with Crippen LogP contribution >= 0.6 is 11.6 Å². The first-order chi connectivity index (χ1) is 12.4. The van der Waals surface area contributed by atoms with Gasteiger partial charge < -0.3 is 5.32 Å². The van der Waals surface area contributed by atoms with Gasteiger partial charge in [-0.25, -0.2) is 8.42 Å². The number of amides is 1. The molecular weight excluding hydrogens is 372 g/mol. The Labute approximate surface area is 159 Å². The van der Waals surface area contributed by atoms with Crippen molar-refractivity contribution in [1.29, 1.82) is 0 Å². The standard InChI is InChI=1S/C19H21ClN2O3S/c1-22(17-4-2-3-5-17)26(24,25)18-12-6-14(7-13-18)19(23)21-16-10-8-15(20)9-11-16/h6-13,17H,2-5H2,1H3,(H,21,23). The molecule has 0 saturated heterocycles. The molecule has 3 rings (SSSR count). The van der Waals surface area contributed by atoms with Crippen LogP contribution in [0.4, 0.5) is 5.69 Å². The van der Waals surface area contributed by atoms with Crippen LogP contribution in [-0.4, -0.2) is 31.7 Å². The number of hydrogen-bond donors (Lipinski definition) is 1. The second kappa shape index (κ2) is 7.78. The average Bonchev–Trinajstić information content (AvgIpc) is 3.17. The molecule has 0 spiro atoms. The van der Waals surface area contributed by atoms with Gasteiger partial charge in [0.05, 0.1) is 4.90 Å². The predicted octanol–water partition coefficient (Wildman–Crippen LogP) is 4.16. The second-order valence-corrected chi connectivity index (χ2v) is 8.88. The van der Waals surface area contributed by atoms with Crippen molar-refractivity contribution >= 4 is 33.2 Å². The van der Waals surface area contributed by atoms with E-state index in [1.54, 1.807) is 31.3 Å².